The van der Waals surface area contributed by atoms with Crippen LogP contribution in [0.4, 0.5) is 0 Å². The number of Topliss-reactive ketones (excluding diaryl/α,β-unsaturated/α-hetero) is 1. The fourth-order valence-corrected chi connectivity index (χ4v) is 2.91. The molecule has 0 atom stereocenters. The Morgan fingerprint density at radius 3 is 2.74 bits per heavy atom. The maximum Gasteiger partial charge on any atom is 0.137 e. The smallest absolute Gasteiger partial charge is 0.137 e. The van der Waals surface area contributed by atoms with Gasteiger partial charge < -0.3 is 0 Å². The standard InChI is InChI=1S/C22H20O.H2/c1-2-7-21(23)16-20-9-4-3-8-17(20)14-15-19-11-5-10-18-12-6-13-22(18)19;/h3-6,8-11,13H,2,7,12,16H2,1H3;1H. The van der Waals surface area contributed by atoms with E-state index >= 15 is 0 Å². The molecular formula is C22H22O. The van der Waals surface area contributed by atoms with Crippen molar-refractivity contribution in [2.75, 3.05) is 0 Å². The van der Waals surface area contributed by atoms with Crippen molar-refractivity contribution in [1.82, 2.24) is 0 Å². The summed E-state index contributed by atoms with van der Waals surface area (Å²) in [5, 5.41) is 0. The van der Waals surface area contributed by atoms with Crippen LogP contribution >= 0.6 is 0 Å². The van der Waals surface area contributed by atoms with Crippen molar-refractivity contribution in [2.24, 2.45) is 0 Å². The van der Waals surface area contributed by atoms with Crippen LogP contribution in [0.25, 0.3) is 6.08 Å². The molecule has 0 N–H and O–H groups in total. The quantitative estimate of drug-likeness (QED) is 0.740. The molecule has 0 saturated carbocycles. The average molecular weight is 302 g/mol. The molecule has 1 aliphatic carbocycles. The zero-order chi connectivity index (χ0) is 16.1. The van der Waals surface area contributed by atoms with Crippen molar-refractivity contribution >= 4 is 11.9 Å². The fourth-order valence-electron chi connectivity index (χ4n) is 2.91. The molecule has 1 heteroatoms. The zero-order valence-corrected chi connectivity index (χ0v) is 13.4. The highest BCUT2D eigenvalue weighted by molar-refractivity contribution is 5.81. The number of carbonyl (C=O) groups is 1. The second-order valence-corrected chi connectivity index (χ2v) is 5.86. The van der Waals surface area contributed by atoms with Crippen LogP contribution in [0.2, 0.25) is 0 Å². The first-order chi connectivity index (χ1) is 11.3. The number of rotatable bonds is 4. The Balaban J connectivity index is 0.00000208. The lowest BCUT2D eigenvalue weighted by Crippen LogP contribution is -2.03. The Hall–Kier alpha value is -2.59. The van der Waals surface area contributed by atoms with Gasteiger partial charge in [-0.1, -0.05) is 61.2 Å². The fraction of sp³-hybridized carbons (Fsp3) is 0.227. The molecule has 1 nitrogen and oxygen atoms in total. The minimum absolute atomic E-state index is 0. The molecule has 3 rings (SSSR count). The number of benzene rings is 2. The topological polar surface area (TPSA) is 17.1 Å². The molecular weight excluding hydrogens is 280 g/mol. The maximum atomic E-state index is 11.9. The molecule has 2 aromatic rings. The summed E-state index contributed by atoms with van der Waals surface area (Å²) in [5.74, 6) is 6.85. The Morgan fingerprint density at radius 2 is 1.87 bits per heavy atom. The molecule has 0 bridgehead atoms. The van der Waals surface area contributed by atoms with Gasteiger partial charge in [0, 0.05) is 25.4 Å². The second kappa shape index (κ2) is 7.11. The van der Waals surface area contributed by atoms with Gasteiger partial charge in [0.15, 0.2) is 0 Å². The molecule has 116 valence electrons. The largest absolute Gasteiger partial charge is 0.299 e. The first kappa shape index (κ1) is 15.3. The van der Waals surface area contributed by atoms with Crippen molar-refractivity contribution < 1.29 is 6.22 Å². The molecule has 1 aliphatic rings. The van der Waals surface area contributed by atoms with E-state index in [0.717, 1.165) is 29.5 Å². The van der Waals surface area contributed by atoms with Gasteiger partial charge in [-0.3, -0.25) is 4.79 Å². The van der Waals surface area contributed by atoms with Crippen molar-refractivity contribution in [1.29, 1.82) is 0 Å². The van der Waals surface area contributed by atoms with E-state index < -0.39 is 0 Å². The summed E-state index contributed by atoms with van der Waals surface area (Å²) in [6.45, 7) is 2.03. The minimum Gasteiger partial charge on any atom is -0.299 e. The van der Waals surface area contributed by atoms with Gasteiger partial charge in [0.1, 0.15) is 5.78 Å². The third kappa shape index (κ3) is 3.60. The molecule has 0 spiro atoms. The van der Waals surface area contributed by atoms with Crippen LogP contribution < -0.4 is 0 Å². The Kier molecular flexibility index (Phi) is 4.74. The van der Waals surface area contributed by atoms with Crippen molar-refractivity contribution in [2.45, 2.75) is 32.6 Å². The molecule has 0 saturated heterocycles. The normalized spacial score (nSPS) is 11.7. The SMILES string of the molecule is CCCC(=O)Cc1ccccc1C#Cc1cccc2c1C=CC2.[HH]. The van der Waals surface area contributed by atoms with Crippen LogP contribution in [-0.2, 0) is 17.6 Å². The first-order valence-corrected chi connectivity index (χ1v) is 8.18. The molecule has 0 fully saturated rings. The summed E-state index contributed by atoms with van der Waals surface area (Å²) in [7, 11) is 0. The third-order valence-electron chi connectivity index (χ3n) is 4.08. The molecule has 0 amide bonds. The van der Waals surface area contributed by atoms with E-state index in [2.05, 4.69) is 42.2 Å². The van der Waals surface area contributed by atoms with E-state index in [-0.39, 0.29) is 7.21 Å². The highest BCUT2D eigenvalue weighted by atomic mass is 16.1. The van der Waals surface area contributed by atoms with Crippen LogP contribution in [0.1, 0.15) is 49.0 Å². The highest BCUT2D eigenvalue weighted by Crippen LogP contribution is 2.22. The molecule has 2 aromatic carbocycles. The number of carbonyl (C=O) groups excluding carboxylic acids is 1. The second-order valence-electron chi connectivity index (χ2n) is 5.86. The van der Waals surface area contributed by atoms with Gasteiger partial charge in [-0.05, 0) is 41.7 Å². The lowest BCUT2D eigenvalue weighted by Gasteiger charge is -2.04. The predicted molar refractivity (Wildman–Crippen MR) is 97.3 cm³/mol. The Morgan fingerprint density at radius 1 is 1.09 bits per heavy atom. The van der Waals surface area contributed by atoms with Gasteiger partial charge in [-0.25, -0.2) is 0 Å². The van der Waals surface area contributed by atoms with E-state index in [1.54, 1.807) is 0 Å². The highest BCUT2D eigenvalue weighted by Gasteiger charge is 2.08. The number of hydrogen-bond donors (Lipinski definition) is 0. The summed E-state index contributed by atoms with van der Waals surface area (Å²) >= 11 is 0. The number of ketones is 1. The van der Waals surface area contributed by atoms with Gasteiger partial charge >= 0.3 is 0 Å². The monoisotopic (exact) mass is 302 g/mol. The number of fused-ring (bicyclic) bond motifs is 1. The molecule has 0 aromatic heterocycles. The lowest BCUT2D eigenvalue weighted by molar-refractivity contribution is -0.118. The van der Waals surface area contributed by atoms with Crippen LogP contribution in [0.3, 0.4) is 0 Å². The van der Waals surface area contributed by atoms with Crippen LogP contribution in [0.5, 0.6) is 0 Å². The summed E-state index contributed by atoms with van der Waals surface area (Å²) in [6.07, 6.45) is 7.33. The van der Waals surface area contributed by atoms with Crippen LogP contribution in [0, 0.1) is 11.8 Å². The van der Waals surface area contributed by atoms with Gasteiger partial charge in [0.05, 0.1) is 0 Å². The Bertz CT molecular complexity index is 821. The van der Waals surface area contributed by atoms with Crippen molar-refractivity contribution in [3.63, 3.8) is 0 Å². The maximum absolute atomic E-state index is 11.9. The van der Waals surface area contributed by atoms with E-state index in [9.17, 15) is 4.79 Å². The predicted octanol–water partition coefficient (Wildman–Crippen LogP) is 4.81. The zero-order valence-electron chi connectivity index (χ0n) is 13.4. The summed E-state index contributed by atoms with van der Waals surface area (Å²) in [4.78, 5) is 11.9. The van der Waals surface area contributed by atoms with Gasteiger partial charge in [-0.2, -0.15) is 0 Å². The van der Waals surface area contributed by atoms with Crippen LogP contribution in [0.15, 0.2) is 48.5 Å². The van der Waals surface area contributed by atoms with E-state index in [1.165, 1.54) is 11.1 Å². The Labute approximate surface area is 139 Å². The minimum atomic E-state index is 0. The van der Waals surface area contributed by atoms with Crippen molar-refractivity contribution in [3.8, 4) is 11.8 Å². The summed E-state index contributed by atoms with van der Waals surface area (Å²) in [5.41, 5.74) is 5.62. The molecule has 0 unspecified atom stereocenters. The van der Waals surface area contributed by atoms with E-state index in [1.807, 2.05) is 31.2 Å². The molecule has 0 aliphatic heterocycles. The third-order valence-corrected chi connectivity index (χ3v) is 4.08. The van der Waals surface area contributed by atoms with Gasteiger partial charge in [-0.15, -0.1) is 0 Å². The molecule has 23 heavy (non-hydrogen) atoms. The first-order valence-electron chi connectivity index (χ1n) is 8.18. The lowest BCUT2D eigenvalue weighted by atomic mass is 9.99. The summed E-state index contributed by atoms with van der Waals surface area (Å²) < 4.78 is 0. The van der Waals surface area contributed by atoms with Gasteiger partial charge in [0.25, 0.3) is 0 Å². The summed E-state index contributed by atoms with van der Waals surface area (Å²) in [6, 6.07) is 14.2. The van der Waals surface area contributed by atoms with E-state index in [0.29, 0.717) is 12.8 Å². The van der Waals surface area contributed by atoms with Gasteiger partial charge in [0.2, 0.25) is 0 Å². The van der Waals surface area contributed by atoms with Crippen molar-refractivity contribution in [3.05, 3.63) is 76.4 Å². The molecule has 0 heterocycles. The molecule has 0 radical (unpaired) electrons. The average Bonchev–Trinajstić information content (AvgIpc) is 3.03. The number of allylic oxidation sites excluding steroid dienone is 1. The van der Waals surface area contributed by atoms with E-state index in [4.69, 9.17) is 0 Å². The van der Waals surface area contributed by atoms with Crippen LogP contribution in [-0.4, -0.2) is 5.78 Å². The number of hydrogen-bond acceptors (Lipinski definition) is 1.